The van der Waals surface area contributed by atoms with Crippen molar-refractivity contribution in [3.05, 3.63) is 24.2 Å². The number of carbonyl (C=O) groups is 1. The van der Waals surface area contributed by atoms with Crippen LogP contribution in [0.2, 0.25) is 0 Å². The highest BCUT2D eigenvalue weighted by molar-refractivity contribution is 5.66. The summed E-state index contributed by atoms with van der Waals surface area (Å²) in [6, 6.07) is 1.83. The van der Waals surface area contributed by atoms with Gasteiger partial charge in [-0.15, -0.1) is 0 Å². The molecule has 4 fully saturated rings. The molecule has 2 aliphatic carbocycles. The van der Waals surface area contributed by atoms with Crippen LogP contribution in [0.15, 0.2) is 23.0 Å². The van der Waals surface area contributed by atoms with Gasteiger partial charge in [0.2, 0.25) is 0 Å². The van der Waals surface area contributed by atoms with Crippen LogP contribution in [0.4, 0.5) is 0 Å². The minimum absolute atomic E-state index is 0.0408. The lowest BCUT2D eigenvalue weighted by molar-refractivity contribution is -0.273. The molecule has 0 bridgehead atoms. The maximum absolute atomic E-state index is 11.7. The van der Waals surface area contributed by atoms with E-state index in [1.54, 1.807) is 12.5 Å². The zero-order valence-corrected chi connectivity index (χ0v) is 17.3. The zero-order chi connectivity index (χ0) is 21.3. The second-order valence-electron chi connectivity index (χ2n) is 9.65. The highest BCUT2D eigenvalue weighted by Crippen LogP contribution is 2.71. The van der Waals surface area contributed by atoms with E-state index in [0.29, 0.717) is 32.3 Å². The number of furan rings is 1. The van der Waals surface area contributed by atoms with Gasteiger partial charge in [-0.05, 0) is 43.6 Å². The van der Waals surface area contributed by atoms with Gasteiger partial charge in [-0.3, -0.25) is 4.79 Å². The van der Waals surface area contributed by atoms with Crippen LogP contribution in [0.1, 0.15) is 51.2 Å². The minimum atomic E-state index is -1.05. The van der Waals surface area contributed by atoms with Gasteiger partial charge in [-0.2, -0.15) is 0 Å². The minimum Gasteiger partial charge on any atom is -0.472 e. The molecule has 3 heterocycles. The van der Waals surface area contributed by atoms with Crippen molar-refractivity contribution in [1.29, 1.82) is 0 Å². The summed E-state index contributed by atoms with van der Waals surface area (Å²) >= 11 is 0. The Hall–Kier alpha value is -1.45. The van der Waals surface area contributed by atoms with E-state index in [1.807, 2.05) is 13.0 Å². The van der Waals surface area contributed by atoms with E-state index in [9.17, 15) is 20.1 Å². The molecule has 0 aromatic carbocycles. The summed E-state index contributed by atoms with van der Waals surface area (Å²) in [6.07, 6.45) is 2.27. The van der Waals surface area contributed by atoms with Crippen molar-refractivity contribution in [2.75, 3.05) is 13.2 Å². The molecule has 5 rings (SSSR count). The van der Waals surface area contributed by atoms with Crippen LogP contribution >= 0.6 is 0 Å². The standard InChI is InChI=1S/C22H30O8/c1-12-7-18(25)21(10-28-13(2)23)16(3-4-17(24)22(21)11-29-22)20(12)8-15(30-19(20)26)14-5-6-27-9-14/h5-6,9,12,15-19,24-26H,3-4,7-8,10-11H2,1-2H3/t12-,15+,16-,17+,18+,19+,20-,21+,22-/m1/s1. The quantitative estimate of drug-likeness (QED) is 0.495. The molecular weight excluding hydrogens is 392 g/mol. The first kappa shape index (κ1) is 20.5. The van der Waals surface area contributed by atoms with E-state index in [4.69, 9.17) is 18.6 Å². The average Bonchev–Trinajstić information content (AvgIpc) is 3.16. The number of hydrogen-bond donors (Lipinski definition) is 3. The van der Waals surface area contributed by atoms with Crippen LogP contribution in [0, 0.1) is 22.7 Å². The molecule has 2 saturated heterocycles. The van der Waals surface area contributed by atoms with E-state index in [2.05, 4.69) is 0 Å². The van der Waals surface area contributed by atoms with E-state index in [1.165, 1.54) is 6.92 Å². The topological polar surface area (TPSA) is 122 Å². The fourth-order valence-corrected chi connectivity index (χ4v) is 7.04. The number of epoxide rings is 1. The van der Waals surface area contributed by atoms with Gasteiger partial charge in [0, 0.05) is 17.9 Å². The molecule has 2 saturated carbocycles. The van der Waals surface area contributed by atoms with Gasteiger partial charge in [0.1, 0.15) is 12.2 Å². The van der Waals surface area contributed by atoms with Crippen molar-refractivity contribution in [3.63, 3.8) is 0 Å². The number of carbonyl (C=O) groups excluding carboxylic acids is 1. The van der Waals surface area contributed by atoms with Crippen molar-refractivity contribution < 1.29 is 38.7 Å². The molecule has 0 unspecified atom stereocenters. The number of fused-ring (bicyclic) bond motifs is 3. The molecule has 8 nitrogen and oxygen atoms in total. The second-order valence-corrected chi connectivity index (χ2v) is 9.65. The van der Waals surface area contributed by atoms with E-state index in [-0.39, 0.29) is 24.5 Å². The second kappa shape index (κ2) is 6.77. The summed E-state index contributed by atoms with van der Waals surface area (Å²) in [6.45, 7) is 3.62. The van der Waals surface area contributed by atoms with Gasteiger partial charge < -0.3 is 33.9 Å². The third-order valence-corrected chi connectivity index (χ3v) is 8.59. The van der Waals surface area contributed by atoms with Crippen molar-refractivity contribution in [2.24, 2.45) is 22.7 Å². The Bertz CT molecular complexity index is 804. The van der Waals surface area contributed by atoms with Crippen molar-refractivity contribution in [3.8, 4) is 0 Å². The smallest absolute Gasteiger partial charge is 0.302 e. The fourth-order valence-electron chi connectivity index (χ4n) is 7.04. The number of aliphatic hydroxyl groups excluding tert-OH is 3. The van der Waals surface area contributed by atoms with Crippen molar-refractivity contribution >= 4 is 5.97 Å². The predicted molar refractivity (Wildman–Crippen MR) is 102 cm³/mol. The van der Waals surface area contributed by atoms with Gasteiger partial charge in [0.25, 0.3) is 0 Å². The lowest BCUT2D eigenvalue weighted by Gasteiger charge is -2.63. The Balaban J connectivity index is 1.60. The molecule has 2 spiro atoms. The Morgan fingerprint density at radius 1 is 1.27 bits per heavy atom. The van der Waals surface area contributed by atoms with Crippen LogP contribution in [0.25, 0.3) is 0 Å². The molecule has 3 N–H and O–H groups in total. The maximum atomic E-state index is 11.7. The summed E-state index contributed by atoms with van der Waals surface area (Å²) in [5.41, 5.74) is -1.77. The Morgan fingerprint density at radius 3 is 2.67 bits per heavy atom. The van der Waals surface area contributed by atoms with E-state index in [0.717, 1.165) is 5.56 Å². The molecule has 30 heavy (non-hydrogen) atoms. The first-order chi connectivity index (χ1) is 14.3. The predicted octanol–water partition coefficient (Wildman–Crippen LogP) is 1.54. The Morgan fingerprint density at radius 2 is 2.03 bits per heavy atom. The van der Waals surface area contributed by atoms with Gasteiger partial charge in [-0.1, -0.05) is 6.92 Å². The van der Waals surface area contributed by atoms with Gasteiger partial charge >= 0.3 is 5.97 Å². The highest BCUT2D eigenvalue weighted by atomic mass is 16.6. The average molecular weight is 422 g/mol. The van der Waals surface area contributed by atoms with E-state index >= 15 is 0 Å². The molecule has 0 amide bonds. The lowest BCUT2D eigenvalue weighted by atomic mass is 9.42. The van der Waals surface area contributed by atoms with Gasteiger partial charge in [-0.25, -0.2) is 0 Å². The van der Waals surface area contributed by atoms with Gasteiger partial charge in [0.05, 0.1) is 42.9 Å². The summed E-state index contributed by atoms with van der Waals surface area (Å²) in [5, 5.41) is 33.5. The van der Waals surface area contributed by atoms with E-state index < -0.39 is 40.9 Å². The summed E-state index contributed by atoms with van der Waals surface area (Å²) in [7, 11) is 0. The molecule has 9 atom stereocenters. The van der Waals surface area contributed by atoms with Crippen LogP contribution in [0.5, 0.6) is 0 Å². The van der Waals surface area contributed by atoms with Crippen LogP contribution in [-0.4, -0.2) is 58.6 Å². The molecule has 0 radical (unpaired) electrons. The lowest BCUT2D eigenvalue weighted by Crippen LogP contribution is -2.71. The number of aliphatic hydroxyl groups is 3. The molecular formula is C22H30O8. The molecule has 8 heteroatoms. The van der Waals surface area contributed by atoms with Crippen molar-refractivity contribution in [2.45, 2.75) is 69.7 Å². The third-order valence-electron chi connectivity index (χ3n) is 8.59. The first-order valence-electron chi connectivity index (χ1n) is 10.8. The number of hydrogen-bond acceptors (Lipinski definition) is 8. The summed E-state index contributed by atoms with van der Waals surface area (Å²) in [4.78, 5) is 11.7. The molecule has 1 aromatic rings. The normalized spacial score (nSPS) is 49.9. The maximum Gasteiger partial charge on any atom is 0.302 e. The number of esters is 1. The summed E-state index contributed by atoms with van der Waals surface area (Å²) in [5.74, 6) is -0.736. The number of ether oxygens (including phenoxy) is 3. The number of rotatable bonds is 3. The summed E-state index contributed by atoms with van der Waals surface area (Å²) < 4.78 is 22.6. The molecule has 2 aliphatic heterocycles. The molecule has 1 aromatic heterocycles. The van der Waals surface area contributed by atoms with Crippen LogP contribution in [-0.2, 0) is 19.0 Å². The Labute approximate surface area is 175 Å². The largest absolute Gasteiger partial charge is 0.472 e. The monoisotopic (exact) mass is 422 g/mol. The van der Waals surface area contributed by atoms with Crippen molar-refractivity contribution in [1.82, 2.24) is 0 Å². The molecule has 166 valence electrons. The van der Waals surface area contributed by atoms with Gasteiger partial charge in [0.15, 0.2) is 6.29 Å². The van der Waals surface area contributed by atoms with Crippen LogP contribution in [0.3, 0.4) is 0 Å². The van der Waals surface area contributed by atoms with Crippen LogP contribution < -0.4 is 0 Å². The Kier molecular flexibility index (Phi) is 4.62. The first-order valence-corrected chi connectivity index (χ1v) is 10.8. The molecule has 4 aliphatic rings. The highest BCUT2D eigenvalue weighted by Gasteiger charge is 2.79. The zero-order valence-electron chi connectivity index (χ0n) is 17.3. The SMILES string of the molecule is CC(=O)OC[C@@]12[C@H](CC[C@H](O)[C@]13CO3)[C@@]1(C[C@@H](c3ccoc3)O[C@@H]1O)[C@H](C)C[C@@H]2O. The third kappa shape index (κ3) is 2.48. The fraction of sp³-hybridized carbons (Fsp3) is 0.773.